The molecule has 0 unspecified atom stereocenters. The molecule has 0 radical (unpaired) electrons. The smallest absolute Gasteiger partial charge is 0.226 e. The summed E-state index contributed by atoms with van der Waals surface area (Å²) in [6.45, 7) is 2.13. The van der Waals surface area contributed by atoms with Crippen LogP contribution < -0.4 is 11.1 Å². The van der Waals surface area contributed by atoms with Crippen molar-refractivity contribution in [3.8, 4) is 0 Å². The molecule has 0 aliphatic heterocycles. The molecule has 1 saturated carbocycles. The van der Waals surface area contributed by atoms with E-state index in [4.69, 9.17) is 10.5 Å². The van der Waals surface area contributed by atoms with Crippen molar-refractivity contribution in [3.63, 3.8) is 0 Å². The first-order chi connectivity index (χ1) is 7.75. The summed E-state index contributed by atoms with van der Waals surface area (Å²) in [4.78, 5) is 12.0. The first-order valence-electron chi connectivity index (χ1n) is 6.22. The molecule has 1 fully saturated rings. The lowest BCUT2D eigenvalue weighted by Gasteiger charge is -2.40. The maximum atomic E-state index is 12.0. The molecule has 17 heavy (non-hydrogen) atoms. The fourth-order valence-electron chi connectivity index (χ4n) is 2.15. The van der Waals surface area contributed by atoms with Crippen molar-refractivity contribution in [2.24, 2.45) is 11.1 Å². The SMILES string of the molecule is COCCC1(C(=O)NCCCCN)CCC1.Cl. The van der Waals surface area contributed by atoms with Gasteiger partial charge in [0.2, 0.25) is 5.91 Å². The Morgan fingerprint density at radius 3 is 2.59 bits per heavy atom. The van der Waals surface area contributed by atoms with Gasteiger partial charge >= 0.3 is 0 Å². The third-order valence-electron chi connectivity index (χ3n) is 3.49. The molecule has 1 rings (SSSR count). The van der Waals surface area contributed by atoms with Crippen molar-refractivity contribution in [3.05, 3.63) is 0 Å². The number of methoxy groups -OCH3 is 1. The van der Waals surface area contributed by atoms with Crippen LogP contribution in [0.15, 0.2) is 0 Å². The lowest BCUT2D eigenvalue weighted by molar-refractivity contribution is -0.137. The molecule has 5 heteroatoms. The molecule has 3 N–H and O–H groups in total. The van der Waals surface area contributed by atoms with Gasteiger partial charge in [-0.3, -0.25) is 4.79 Å². The highest BCUT2D eigenvalue weighted by atomic mass is 35.5. The maximum absolute atomic E-state index is 12.0. The van der Waals surface area contributed by atoms with Gasteiger partial charge in [0, 0.05) is 20.3 Å². The molecule has 0 atom stereocenters. The zero-order chi connectivity index (χ0) is 11.9. The Balaban J connectivity index is 0.00000256. The second-order valence-electron chi connectivity index (χ2n) is 4.63. The van der Waals surface area contributed by atoms with Crippen LogP contribution in [0.1, 0.15) is 38.5 Å². The monoisotopic (exact) mass is 264 g/mol. The highest BCUT2D eigenvalue weighted by Crippen LogP contribution is 2.44. The Bertz CT molecular complexity index is 221. The lowest BCUT2D eigenvalue weighted by atomic mass is 9.66. The summed E-state index contributed by atoms with van der Waals surface area (Å²) >= 11 is 0. The molecule has 0 aromatic rings. The van der Waals surface area contributed by atoms with E-state index in [9.17, 15) is 4.79 Å². The zero-order valence-electron chi connectivity index (χ0n) is 10.7. The molecule has 1 aliphatic carbocycles. The number of carbonyl (C=O) groups excluding carboxylic acids is 1. The van der Waals surface area contributed by atoms with E-state index in [0.29, 0.717) is 13.2 Å². The first-order valence-corrected chi connectivity index (χ1v) is 6.22. The van der Waals surface area contributed by atoms with Gasteiger partial charge in [-0.2, -0.15) is 0 Å². The molecule has 1 aliphatic rings. The molecular weight excluding hydrogens is 240 g/mol. The van der Waals surface area contributed by atoms with Crippen molar-refractivity contribution in [1.29, 1.82) is 0 Å². The van der Waals surface area contributed by atoms with Crippen LogP contribution in [-0.4, -0.2) is 32.7 Å². The molecule has 0 spiro atoms. The van der Waals surface area contributed by atoms with E-state index in [1.807, 2.05) is 0 Å². The van der Waals surface area contributed by atoms with Gasteiger partial charge < -0.3 is 15.8 Å². The van der Waals surface area contributed by atoms with E-state index >= 15 is 0 Å². The summed E-state index contributed by atoms with van der Waals surface area (Å²) in [6, 6.07) is 0. The maximum Gasteiger partial charge on any atom is 0.226 e. The van der Waals surface area contributed by atoms with Crippen molar-refractivity contribution >= 4 is 18.3 Å². The van der Waals surface area contributed by atoms with Crippen LogP contribution in [0.25, 0.3) is 0 Å². The van der Waals surface area contributed by atoms with Crippen LogP contribution >= 0.6 is 12.4 Å². The summed E-state index contributed by atoms with van der Waals surface area (Å²) in [7, 11) is 1.69. The van der Waals surface area contributed by atoms with E-state index in [1.165, 1.54) is 6.42 Å². The van der Waals surface area contributed by atoms with Gasteiger partial charge in [0.05, 0.1) is 5.41 Å². The Morgan fingerprint density at radius 1 is 1.41 bits per heavy atom. The number of carbonyl (C=O) groups is 1. The van der Waals surface area contributed by atoms with Crippen molar-refractivity contribution in [2.75, 3.05) is 26.8 Å². The number of ether oxygens (including phenoxy) is 1. The average Bonchev–Trinajstić information content (AvgIpc) is 2.23. The molecule has 1 amide bonds. The van der Waals surface area contributed by atoms with Gasteiger partial charge in [-0.1, -0.05) is 6.42 Å². The van der Waals surface area contributed by atoms with Gasteiger partial charge in [0.15, 0.2) is 0 Å². The van der Waals surface area contributed by atoms with Crippen LogP contribution in [0.4, 0.5) is 0 Å². The van der Waals surface area contributed by atoms with Crippen LogP contribution in [-0.2, 0) is 9.53 Å². The summed E-state index contributed by atoms with van der Waals surface area (Å²) in [5.41, 5.74) is 5.28. The standard InChI is InChI=1S/C12H24N2O2.ClH/c1-16-10-7-12(5-4-6-12)11(15)14-9-3-2-8-13;/h2-10,13H2,1H3,(H,14,15);1H. The number of halogens is 1. The second-order valence-corrected chi connectivity index (χ2v) is 4.63. The predicted octanol–water partition coefficient (Wildman–Crippen LogP) is 1.47. The second kappa shape index (κ2) is 8.72. The number of rotatable bonds is 8. The van der Waals surface area contributed by atoms with Crippen LogP contribution in [0.2, 0.25) is 0 Å². The summed E-state index contributed by atoms with van der Waals surface area (Å²) < 4.78 is 5.07. The van der Waals surface area contributed by atoms with Crippen molar-refractivity contribution in [1.82, 2.24) is 5.32 Å². The normalized spacial score (nSPS) is 16.8. The molecule has 0 saturated heterocycles. The lowest BCUT2D eigenvalue weighted by Crippen LogP contribution is -2.46. The quantitative estimate of drug-likeness (QED) is 0.653. The Labute approximate surface area is 110 Å². The molecular formula is C12H25ClN2O2. The van der Waals surface area contributed by atoms with E-state index in [2.05, 4.69) is 5.32 Å². The summed E-state index contributed by atoms with van der Waals surface area (Å²) in [5.74, 6) is 0.216. The topological polar surface area (TPSA) is 64.3 Å². The minimum Gasteiger partial charge on any atom is -0.385 e. The molecule has 4 nitrogen and oxygen atoms in total. The number of unbranched alkanes of at least 4 members (excludes halogenated alkanes) is 1. The van der Waals surface area contributed by atoms with Gasteiger partial charge in [-0.25, -0.2) is 0 Å². The molecule has 0 bridgehead atoms. The van der Waals surface area contributed by atoms with E-state index in [-0.39, 0.29) is 23.7 Å². The molecule has 0 heterocycles. The highest BCUT2D eigenvalue weighted by Gasteiger charge is 2.43. The minimum absolute atomic E-state index is 0. The molecule has 102 valence electrons. The van der Waals surface area contributed by atoms with Gasteiger partial charge in [-0.05, 0) is 38.6 Å². The first kappa shape index (κ1) is 16.7. The highest BCUT2D eigenvalue weighted by molar-refractivity contribution is 5.85. The number of amides is 1. The van der Waals surface area contributed by atoms with E-state index in [0.717, 1.165) is 38.6 Å². The number of hydrogen-bond acceptors (Lipinski definition) is 3. The van der Waals surface area contributed by atoms with Crippen molar-refractivity contribution in [2.45, 2.75) is 38.5 Å². The Kier molecular flexibility index (Phi) is 8.56. The summed E-state index contributed by atoms with van der Waals surface area (Å²) in [6.07, 6.45) is 6.00. The Hall–Kier alpha value is -0.320. The number of nitrogens with two attached hydrogens (primary N) is 1. The van der Waals surface area contributed by atoms with Crippen molar-refractivity contribution < 1.29 is 9.53 Å². The third-order valence-corrected chi connectivity index (χ3v) is 3.49. The fraction of sp³-hybridized carbons (Fsp3) is 0.917. The zero-order valence-corrected chi connectivity index (χ0v) is 11.5. The third kappa shape index (κ3) is 4.82. The van der Waals surface area contributed by atoms with Gasteiger partial charge in [0.25, 0.3) is 0 Å². The van der Waals surface area contributed by atoms with Crippen LogP contribution in [0, 0.1) is 5.41 Å². The average molecular weight is 265 g/mol. The van der Waals surface area contributed by atoms with Gasteiger partial charge in [-0.15, -0.1) is 12.4 Å². The number of nitrogens with one attached hydrogen (secondary N) is 1. The fourth-order valence-corrected chi connectivity index (χ4v) is 2.15. The van der Waals surface area contributed by atoms with Crippen LogP contribution in [0.3, 0.4) is 0 Å². The minimum atomic E-state index is -0.126. The van der Waals surface area contributed by atoms with Crippen LogP contribution in [0.5, 0.6) is 0 Å². The Morgan fingerprint density at radius 2 is 2.12 bits per heavy atom. The largest absolute Gasteiger partial charge is 0.385 e. The number of hydrogen-bond donors (Lipinski definition) is 2. The molecule has 0 aromatic heterocycles. The van der Waals surface area contributed by atoms with Gasteiger partial charge in [0.1, 0.15) is 0 Å². The molecule has 0 aromatic carbocycles. The van der Waals surface area contributed by atoms with E-state index < -0.39 is 0 Å². The summed E-state index contributed by atoms with van der Waals surface area (Å²) in [5, 5.41) is 3.02. The predicted molar refractivity (Wildman–Crippen MR) is 71.3 cm³/mol. The van der Waals surface area contributed by atoms with E-state index in [1.54, 1.807) is 7.11 Å².